The van der Waals surface area contributed by atoms with Crippen LogP contribution in [0.25, 0.3) is 0 Å². The van der Waals surface area contributed by atoms with E-state index >= 15 is 0 Å². The lowest BCUT2D eigenvalue weighted by Gasteiger charge is -2.42. The molecule has 1 aromatic carbocycles. The van der Waals surface area contributed by atoms with Crippen LogP contribution in [0.5, 0.6) is 0 Å². The molecular formula is C16H24BrNO. The van der Waals surface area contributed by atoms with Crippen molar-refractivity contribution in [3.63, 3.8) is 0 Å². The van der Waals surface area contributed by atoms with Gasteiger partial charge in [0.2, 0.25) is 0 Å². The Labute approximate surface area is 124 Å². The predicted octanol–water partition coefficient (Wildman–Crippen LogP) is 4.06. The van der Waals surface area contributed by atoms with Crippen LogP contribution in [-0.4, -0.2) is 18.2 Å². The third kappa shape index (κ3) is 3.59. The summed E-state index contributed by atoms with van der Waals surface area (Å²) in [6.45, 7) is 2.82. The molecule has 0 amide bonds. The summed E-state index contributed by atoms with van der Waals surface area (Å²) in [6, 6.07) is 8.41. The standard InChI is InChI=1S/C16H24BrNO/c1-2-19-16(10-6-3-7-11-16)15(18)12-13-8-4-5-9-14(13)17/h4-5,8-9,15H,2-3,6-7,10-12,18H2,1H3. The molecule has 3 heteroatoms. The fourth-order valence-corrected chi connectivity index (χ4v) is 3.59. The van der Waals surface area contributed by atoms with Crippen LogP contribution in [0, 0.1) is 0 Å². The van der Waals surface area contributed by atoms with Gasteiger partial charge in [0, 0.05) is 17.1 Å². The van der Waals surface area contributed by atoms with Gasteiger partial charge in [-0.2, -0.15) is 0 Å². The third-order valence-corrected chi connectivity index (χ3v) is 4.98. The quantitative estimate of drug-likeness (QED) is 0.886. The van der Waals surface area contributed by atoms with E-state index in [1.807, 2.05) is 6.07 Å². The molecule has 1 aliphatic rings. The SMILES string of the molecule is CCOC1(C(N)Cc2ccccc2Br)CCCCC1. The molecule has 0 aromatic heterocycles. The van der Waals surface area contributed by atoms with Gasteiger partial charge in [-0.1, -0.05) is 53.4 Å². The highest BCUT2D eigenvalue weighted by molar-refractivity contribution is 9.10. The van der Waals surface area contributed by atoms with Crippen molar-refractivity contribution in [3.8, 4) is 0 Å². The lowest BCUT2D eigenvalue weighted by atomic mass is 9.77. The maximum atomic E-state index is 6.52. The van der Waals surface area contributed by atoms with Gasteiger partial charge in [-0.3, -0.25) is 0 Å². The molecule has 1 unspecified atom stereocenters. The average molecular weight is 326 g/mol. The van der Waals surface area contributed by atoms with Crippen molar-refractivity contribution < 1.29 is 4.74 Å². The van der Waals surface area contributed by atoms with Crippen LogP contribution in [0.15, 0.2) is 28.7 Å². The summed E-state index contributed by atoms with van der Waals surface area (Å²) >= 11 is 3.61. The smallest absolute Gasteiger partial charge is 0.0835 e. The topological polar surface area (TPSA) is 35.2 Å². The van der Waals surface area contributed by atoms with Crippen LogP contribution in [0.3, 0.4) is 0 Å². The van der Waals surface area contributed by atoms with E-state index in [1.54, 1.807) is 0 Å². The van der Waals surface area contributed by atoms with Gasteiger partial charge in [0.1, 0.15) is 0 Å². The van der Waals surface area contributed by atoms with Crippen molar-refractivity contribution in [2.24, 2.45) is 5.73 Å². The molecule has 1 aromatic rings. The van der Waals surface area contributed by atoms with Gasteiger partial charge in [0.25, 0.3) is 0 Å². The average Bonchev–Trinajstić information content (AvgIpc) is 2.42. The largest absolute Gasteiger partial charge is 0.374 e. The first-order chi connectivity index (χ1) is 9.18. The summed E-state index contributed by atoms with van der Waals surface area (Å²) in [5.41, 5.74) is 7.69. The Morgan fingerprint density at radius 3 is 2.58 bits per heavy atom. The van der Waals surface area contributed by atoms with Crippen LogP contribution in [0.4, 0.5) is 0 Å². The Hall–Kier alpha value is -0.380. The van der Waals surface area contributed by atoms with Crippen LogP contribution in [0.2, 0.25) is 0 Å². The summed E-state index contributed by atoms with van der Waals surface area (Å²) in [7, 11) is 0. The van der Waals surface area contributed by atoms with Crippen LogP contribution in [0.1, 0.15) is 44.6 Å². The van der Waals surface area contributed by atoms with Crippen molar-refractivity contribution in [2.75, 3.05) is 6.61 Å². The molecule has 1 saturated carbocycles. The summed E-state index contributed by atoms with van der Waals surface area (Å²) in [5.74, 6) is 0. The molecule has 0 spiro atoms. The fourth-order valence-electron chi connectivity index (χ4n) is 3.15. The third-order valence-electron chi connectivity index (χ3n) is 4.21. The molecule has 0 heterocycles. The van der Waals surface area contributed by atoms with Crippen molar-refractivity contribution >= 4 is 15.9 Å². The Balaban J connectivity index is 2.11. The first kappa shape index (κ1) is 15.0. The molecule has 106 valence electrons. The van der Waals surface area contributed by atoms with Gasteiger partial charge < -0.3 is 10.5 Å². The summed E-state index contributed by atoms with van der Waals surface area (Å²) in [4.78, 5) is 0. The number of nitrogens with two attached hydrogens (primary N) is 1. The van der Waals surface area contributed by atoms with Gasteiger partial charge in [-0.25, -0.2) is 0 Å². The first-order valence-corrected chi connectivity index (χ1v) is 8.10. The minimum absolute atomic E-state index is 0.0754. The molecule has 0 radical (unpaired) electrons. The van der Waals surface area contributed by atoms with E-state index in [0.29, 0.717) is 0 Å². The molecule has 0 saturated heterocycles. The highest BCUT2D eigenvalue weighted by Gasteiger charge is 2.38. The number of ether oxygens (including phenoxy) is 1. The van der Waals surface area contributed by atoms with Crippen LogP contribution in [-0.2, 0) is 11.2 Å². The van der Waals surface area contributed by atoms with Crippen LogP contribution >= 0.6 is 15.9 Å². The van der Waals surface area contributed by atoms with Crippen molar-refractivity contribution in [1.29, 1.82) is 0 Å². The molecule has 2 nitrogen and oxygen atoms in total. The summed E-state index contributed by atoms with van der Waals surface area (Å²) in [5, 5.41) is 0. The van der Waals surface area contributed by atoms with Gasteiger partial charge in [-0.15, -0.1) is 0 Å². The number of benzene rings is 1. The van der Waals surface area contributed by atoms with Gasteiger partial charge >= 0.3 is 0 Å². The zero-order valence-corrected chi connectivity index (χ0v) is 13.3. The minimum Gasteiger partial charge on any atom is -0.374 e. The molecule has 1 atom stereocenters. The molecule has 1 fully saturated rings. The van der Waals surface area contributed by atoms with E-state index in [1.165, 1.54) is 24.8 Å². The molecule has 1 aliphatic carbocycles. The molecule has 0 aliphatic heterocycles. The highest BCUT2D eigenvalue weighted by Crippen LogP contribution is 2.35. The second-order valence-corrected chi connectivity index (χ2v) is 6.31. The number of hydrogen-bond acceptors (Lipinski definition) is 2. The monoisotopic (exact) mass is 325 g/mol. The molecule has 19 heavy (non-hydrogen) atoms. The van der Waals surface area contributed by atoms with E-state index in [9.17, 15) is 0 Å². The summed E-state index contributed by atoms with van der Waals surface area (Å²) in [6.07, 6.45) is 6.88. The maximum Gasteiger partial charge on any atom is 0.0835 e. The maximum absolute atomic E-state index is 6.52. The lowest BCUT2D eigenvalue weighted by Crippen LogP contribution is -2.52. The van der Waals surface area contributed by atoms with Crippen LogP contribution < -0.4 is 5.73 Å². The van der Waals surface area contributed by atoms with Crippen molar-refractivity contribution in [3.05, 3.63) is 34.3 Å². The normalized spacial score (nSPS) is 20.2. The highest BCUT2D eigenvalue weighted by atomic mass is 79.9. The number of halogens is 1. The van der Waals surface area contributed by atoms with E-state index in [4.69, 9.17) is 10.5 Å². The molecule has 2 N–H and O–H groups in total. The zero-order valence-electron chi connectivity index (χ0n) is 11.7. The lowest BCUT2D eigenvalue weighted by molar-refractivity contribution is -0.0817. The van der Waals surface area contributed by atoms with E-state index < -0.39 is 0 Å². The number of hydrogen-bond donors (Lipinski definition) is 1. The molecule has 0 bridgehead atoms. The van der Waals surface area contributed by atoms with Crippen molar-refractivity contribution in [2.45, 2.75) is 57.1 Å². The second-order valence-electron chi connectivity index (χ2n) is 5.46. The first-order valence-electron chi connectivity index (χ1n) is 7.31. The van der Waals surface area contributed by atoms with E-state index in [2.05, 4.69) is 41.1 Å². The zero-order chi connectivity index (χ0) is 13.7. The molecular weight excluding hydrogens is 302 g/mol. The Kier molecular flexibility index (Phi) is 5.43. The predicted molar refractivity (Wildman–Crippen MR) is 83.3 cm³/mol. The Bertz CT molecular complexity index is 396. The minimum atomic E-state index is -0.109. The van der Waals surface area contributed by atoms with Gasteiger partial charge in [-0.05, 0) is 37.8 Å². The fraction of sp³-hybridized carbons (Fsp3) is 0.625. The Morgan fingerprint density at radius 1 is 1.26 bits per heavy atom. The van der Waals surface area contributed by atoms with E-state index in [0.717, 1.165) is 30.3 Å². The van der Waals surface area contributed by atoms with Crippen molar-refractivity contribution in [1.82, 2.24) is 0 Å². The summed E-state index contributed by atoms with van der Waals surface area (Å²) < 4.78 is 7.25. The Morgan fingerprint density at radius 2 is 1.95 bits per heavy atom. The number of rotatable bonds is 5. The van der Waals surface area contributed by atoms with Gasteiger partial charge in [0.15, 0.2) is 0 Å². The van der Waals surface area contributed by atoms with Gasteiger partial charge in [0.05, 0.1) is 5.60 Å². The van der Waals surface area contributed by atoms with E-state index in [-0.39, 0.29) is 11.6 Å². The second kappa shape index (κ2) is 6.87. The molecule has 2 rings (SSSR count).